The van der Waals surface area contributed by atoms with Crippen LogP contribution < -0.4 is 10.1 Å². The number of carbonyl (C=O) groups excluding carboxylic acids is 3. The Hall–Kier alpha value is -3.28. The minimum atomic E-state index is -0.998. The summed E-state index contributed by atoms with van der Waals surface area (Å²) in [5.74, 6) is -1.24. The lowest BCUT2D eigenvalue weighted by molar-refractivity contribution is -0.199. The Balaban J connectivity index is 1.69. The van der Waals surface area contributed by atoms with Gasteiger partial charge in [-0.1, -0.05) is 31.1 Å². The predicted molar refractivity (Wildman–Crippen MR) is 158 cm³/mol. The lowest BCUT2D eigenvalue weighted by atomic mass is 9.43. The van der Waals surface area contributed by atoms with Gasteiger partial charge < -0.3 is 28.8 Å². The smallest absolute Gasteiger partial charge is 0.456 e. The number of azide groups is 1. The van der Waals surface area contributed by atoms with E-state index in [0.717, 1.165) is 12.8 Å². The second kappa shape index (κ2) is 11.7. The maximum atomic E-state index is 13.2. The number of carbonyl (C=O) groups is 3. The van der Waals surface area contributed by atoms with Crippen molar-refractivity contribution in [1.29, 1.82) is 0 Å². The van der Waals surface area contributed by atoms with Crippen LogP contribution in [-0.2, 0) is 30.0 Å². The van der Waals surface area contributed by atoms with Crippen LogP contribution in [-0.4, -0.2) is 60.5 Å². The molecule has 1 saturated heterocycles. The molecule has 3 aliphatic carbocycles. The highest BCUT2D eigenvalue weighted by atomic mass is 16.7. The Bertz CT molecular complexity index is 1320. The molecule has 4 fully saturated rings. The van der Waals surface area contributed by atoms with Gasteiger partial charge in [0.25, 0.3) is 0 Å². The lowest BCUT2D eigenvalue weighted by Crippen LogP contribution is -2.65. The highest BCUT2D eigenvalue weighted by Gasteiger charge is 2.68. The molecule has 12 nitrogen and oxygen atoms in total. The number of nitrogens with one attached hydrogen (secondary N) is 1. The molecule has 1 aliphatic heterocycles. The van der Waals surface area contributed by atoms with Gasteiger partial charge in [-0.25, -0.2) is 9.59 Å². The zero-order valence-corrected chi connectivity index (χ0v) is 26.6. The Morgan fingerprint density at radius 1 is 1.12 bits per heavy atom. The minimum absolute atomic E-state index is 0.0221. The molecule has 3 saturated carbocycles. The van der Waals surface area contributed by atoms with Crippen LogP contribution in [0, 0.1) is 17.3 Å². The summed E-state index contributed by atoms with van der Waals surface area (Å²) in [6.07, 6.45) is 0.799. The van der Waals surface area contributed by atoms with Crippen LogP contribution in [0.4, 0.5) is 4.79 Å². The van der Waals surface area contributed by atoms with Crippen molar-refractivity contribution in [3.8, 4) is 5.75 Å². The van der Waals surface area contributed by atoms with E-state index in [0.29, 0.717) is 11.5 Å². The normalized spacial score (nSPS) is 26.3. The fourth-order valence-electron chi connectivity index (χ4n) is 6.59. The van der Waals surface area contributed by atoms with Crippen LogP contribution in [0.25, 0.3) is 10.4 Å². The van der Waals surface area contributed by atoms with Gasteiger partial charge >= 0.3 is 19.2 Å². The van der Waals surface area contributed by atoms with E-state index in [2.05, 4.69) is 36.1 Å². The third kappa shape index (κ3) is 7.11. The molecule has 1 aromatic carbocycles. The molecule has 234 valence electrons. The summed E-state index contributed by atoms with van der Waals surface area (Å²) in [7, 11) is -0.847. The summed E-state index contributed by atoms with van der Waals surface area (Å²) in [5, 5.41) is 6.27. The Labute approximate surface area is 253 Å². The van der Waals surface area contributed by atoms with Crippen molar-refractivity contribution in [1.82, 2.24) is 5.32 Å². The molecule has 5 rings (SSSR count). The number of hydrogen-bond donors (Lipinski definition) is 1. The first kappa shape index (κ1) is 32.6. The highest BCUT2D eigenvalue weighted by Crippen LogP contribution is 2.65. The third-order valence-electron chi connectivity index (χ3n) is 8.65. The number of hydrogen-bond acceptors (Lipinski definition) is 9. The van der Waals surface area contributed by atoms with Crippen molar-refractivity contribution in [2.75, 3.05) is 6.54 Å². The van der Waals surface area contributed by atoms with E-state index >= 15 is 0 Å². The minimum Gasteiger partial charge on any atom is -0.456 e. The monoisotopic (exact) mass is 598 g/mol. The van der Waals surface area contributed by atoms with Crippen LogP contribution in [0.5, 0.6) is 5.75 Å². The molecule has 1 aromatic rings. The number of esters is 1. The number of para-hydroxylation sites is 1. The van der Waals surface area contributed by atoms with Crippen molar-refractivity contribution in [2.24, 2.45) is 22.4 Å². The molecule has 2 bridgehead atoms. The summed E-state index contributed by atoms with van der Waals surface area (Å²) in [4.78, 5) is 41.6. The zero-order chi connectivity index (χ0) is 32.0. The van der Waals surface area contributed by atoms with Gasteiger partial charge in [0.05, 0.1) is 17.6 Å². The van der Waals surface area contributed by atoms with E-state index in [1.165, 1.54) is 6.07 Å². The van der Waals surface area contributed by atoms with Crippen molar-refractivity contribution >= 4 is 25.2 Å². The molecule has 0 radical (unpaired) electrons. The van der Waals surface area contributed by atoms with Crippen molar-refractivity contribution < 1.29 is 37.9 Å². The van der Waals surface area contributed by atoms with E-state index in [9.17, 15) is 14.4 Å². The van der Waals surface area contributed by atoms with Gasteiger partial charge in [0.1, 0.15) is 23.3 Å². The summed E-state index contributed by atoms with van der Waals surface area (Å²) in [6, 6.07) is 4.83. The molecule has 43 heavy (non-hydrogen) atoms. The van der Waals surface area contributed by atoms with Gasteiger partial charge in [-0.15, -0.1) is 0 Å². The fourth-order valence-corrected chi connectivity index (χ4v) is 6.59. The fraction of sp³-hybridized carbons (Fsp3) is 0.700. The molecule has 4 aliphatic rings. The molecular formula is C30H43BN4O8. The van der Waals surface area contributed by atoms with Gasteiger partial charge in [-0.05, 0) is 102 Å². The van der Waals surface area contributed by atoms with E-state index in [1.54, 1.807) is 53.7 Å². The molecule has 0 aromatic heterocycles. The van der Waals surface area contributed by atoms with E-state index in [4.69, 9.17) is 29.1 Å². The van der Waals surface area contributed by atoms with Crippen LogP contribution in [0.3, 0.4) is 0 Å². The van der Waals surface area contributed by atoms with Crippen LogP contribution in [0.15, 0.2) is 23.3 Å². The molecule has 0 spiro atoms. The zero-order valence-electron chi connectivity index (χ0n) is 26.6. The van der Waals surface area contributed by atoms with Gasteiger partial charge in [-0.3, -0.25) is 4.79 Å². The first-order chi connectivity index (χ1) is 19.8. The summed E-state index contributed by atoms with van der Waals surface area (Å²) in [5.41, 5.74) is 7.09. The number of benzene rings is 1. The Kier molecular flexibility index (Phi) is 8.86. The average molecular weight is 599 g/mol. The van der Waals surface area contributed by atoms with Gasteiger partial charge in [0.15, 0.2) is 5.75 Å². The van der Waals surface area contributed by atoms with Gasteiger partial charge in [0, 0.05) is 4.91 Å². The third-order valence-corrected chi connectivity index (χ3v) is 8.65. The first-order valence-corrected chi connectivity index (χ1v) is 14.7. The van der Waals surface area contributed by atoms with E-state index < -0.39 is 54.4 Å². The Morgan fingerprint density at radius 2 is 1.79 bits per heavy atom. The second-order valence-corrected chi connectivity index (χ2v) is 14.5. The molecule has 5 atom stereocenters. The molecule has 1 amide bonds. The van der Waals surface area contributed by atoms with Crippen LogP contribution >= 0.6 is 0 Å². The van der Waals surface area contributed by atoms with Crippen molar-refractivity contribution in [3.63, 3.8) is 0 Å². The molecule has 13 heteroatoms. The molecule has 1 unspecified atom stereocenters. The summed E-state index contributed by atoms with van der Waals surface area (Å²) < 4.78 is 29.7. The maximum Gasteiger partial charge on any atom is 0.514 e. The first-order valence-electron chi connectivity index (χ1n) is 14.7. The predicted octanol–water partition coefficient (Wildman–Crippen LogP) is 5.56. The second-order valence-electron chi connectivity index (χ2n) is 14.5. The van der Waals surface area contributed by atoms with E-state index in [-0.39, 0.29) is 35.2 Å². The van der Waals surface area contributed by atoms with Crippen molar-refractivity contribution in [3.05, 3.63) is 39.8 Å². The standard InChI is InChI=1S/C30H43BN4O8/c1-27(2,3)40-25(37)19-12-10-11-17(24(19)39-26(38)41-28(4,5)6)13-22(34-23(36)16-33-35-32)31-42-21-15-18-14-20(29(18,7)8)30(21,9)43-31/h10-12,18,20-22H,13-16H2,1-9H3,(H,34,36)/t18-,20-,21?,22-,30-/m0/s1. The Morgan fingerprint density at radius 3 is 2.40 bits per heavy atom. The summed E-state index contributed by atoms with van der Waals surface area (Å²) >= 11 is 0. The SMILES string of the molecule is CC(C)(C)OC(=O)Oc1c(C[C@H](NC(=O)CN=[N+]=[N-])B2OC3C[C@@H]4C[C@@H](C4(C)C)[C@]3(C)O2)cccc1C(=O)OC(C)(C)C. The number of ether oxygens (including phenoxy) is 3. The topological polar surface area (TPSA) is 158 Å². The lowest BCUT2D eigenvalue weighted by Gasteiger charge is -2.64. The van der Waals surface area contributed by atoms with Crippen LogP contribution in [0.1, 0.15) is 91.1 Å². The quantitative estimate of drug-likeness (QED) is 0.102. The number of rotatable bonds is 8. The van der Waals surface area contributed by atoms with Gasteiger partial charge in [0.2, 0.25) is 5.91 Å². The number of nitrogens with zero attached hydrogens (tertiary/aromatic N) is 3. The highest BCUT2D eigenvalue weighted by molar-refractivity contribution is 6.48. The largest absolute Gasteiger partial charge is 0.514 e. The van der Waals surface area contributed by atoms with Gasteiger partial charge in [-0.2, -0.15) is 0 Å². The molecule has 1 N–H and O–H groups in total. The average Bonchev–Trinajstić information content (AvgIpc) is 3.22. The summed E-state index contributed by atoms with van der Waals surface area (Å²) in [6.45, 7) is 16.5. The number of amides is 1. The van der Waals surface area contributed by atoms with E-state index in [1.807, 2.05) is 0 Å². The van der Waals surface area contributed by atoms with Crippen LogP contribution in [0.2, 0.25) is 0 Å². The molecular weight excluding hydrogens is 555 g/mol. The van der Waals surface area contributed by atoms with Crippen molar-refractivity contribution in [2.45, 2.75) is 110 Å². The maximum absolute atomic E-state index is 13.2. The molecule has 1 heterocycles.